The predicted molar refractivity (Wildman–Crippen MR) is 104 cm³/mol. The van der Waals surface area contributed by atoms with E-state index in [0.717, 1.165) is 50.5 Å². The van der Waals surface area contributed by atoms with Crippen molar-refractivity contribution in [3.8, 4) is 5.69 Å². The van der Waals surface area contributed by atoms with Crippen LogP contribution in [0.2, 0.25) is 0 Å². The van der Waals surface area contributed by atoms with Gasteiger partial charge in [0.1, 0.15) is 5.82 Å². The van der Waals surface area contributed by atoms with E-state index in [2.05, 4.69) is 27.3 Å². The number of carbonyl (C=O) groups is 1. The first kappa shape index (κ1) is 19.5. The van der Waals surface area contributed by atoms with Crippen LogP contribution in [0.5, 0.6) is 0 Å². The number of carbonyl (C=O) groups excluding carboxylic acids is 1. The first-order valence-electron chi connectivity index (χ1n) is 9.47. The summed E-state index contributed by atoms with van der Waals surface area (Å²) >= 11 is 0. The fourth-order valence-corrected chi connectivity index (χ4v) is 3.47. The molecule has 1 N–H and O–H groups in total. The number of nitrogens with one attached hydrogen (secondary N) is 1. The van der Waals surface area contributed by atoms with Gasteiger partial charge in [-0.2, -0.15) is 5.10 Å². The Morgan fingerprint density at radius 1 is 1.15 bits per heavy atom. The van der Waals surface area contributed by atoms with Gasteiger partial charge in [-0.1, -0.05) is 0 Å². The Morgan fingerprint density at radius 2 is 1.81 bits per heavy atom. The van der Waals surface area contributed by atoms with Crippen LogP contribution in [0.15, 0.2) is 24.3 Å². The Labute approximate surface area is 160 Å². The number of hydrogen-bond donors (Lipinski definition) is 1. The highest BCUT2D eigenvalue weighted by Crippen LogP contribution is 2.18. The molecule has 27 heavy (non-hydrogen) atoms. The monoisotopic (exact) mass is 373 g/mol. The van der Waals surface area contributed by atoms with Gasteiger partial charge in [-0.05, 0) is 58.1 Å². The maximum absolute atomic E-state index is 13.1. The van der Waals surface area contributed by atoms with Gasteiger partial charge in [-0.25, -0.2) is 9.07 Å². The van der Waals surface area contributed by atoms with Crippen molar-refractivity contribution in [1.82, 2.24) is 24.9 Å². The Balaban J connectivity index is 1.56. The maximum atomic E-state index is 13.1. The molecule has 1 aliphatic rings. The van der Waals surface area contributed by atoms with Gasteiger partial charge in [0.15, 0.2) is 0 Å². The second-order valence-corrected chi connectivity index (χ2v) is 7.19. The van der Waals surface area contributed by atoms with Crippen molar-refractivity contribution in [2.45, 2.75) is 20.3 Å². The lowest BCUT2D eigenvalue weighted by Crippen LogP contribution is -2.45. The van der Waals surface area contributed by atoms with Crippen molar-refractivity contribution >= 4 is 5.91 Å². The molecule has 2 aromatic rings. The van der Waals surface area contributed by atoms with Gasteiger partial charge >= 0.3 is 0 Å². The number of aryl methyl sites for hydroxylation is 1. The van der Waals surface area contributed by atoms with E-state index in [0.29, 0.717) is 17.8 Å². The van der Waals surface area contributed by atoms with Gasteiger partial charge in [0.25, 0.3) is 5.91 Å². The van der Waals surface area contributed by atoms with Crippen LogP contribution in [0.25, 0.3) is 5.69 Å². The molecule has 0 aliphatic carbocycles. The molecule has 0 atom stereocenters. The van der Waals surface area contributed by atoms with E-state index in [1.807, 2.05) is 13.8 Å². The highest BCUT2D eigenvalue weighted by atomic mass is 19.1. The second kappa shape index (κ2) is 8.63. The maximum Gasteiger partial charge on any atom is 0.255 e. The summed E-state index contributed by atoms with van der Waals surface area (Å²) in [5.41, 5.74) is 2.77. The van der Waals surface area contributed by atoms with Crippen LogP contribution >= 0.6 is 0 Å². The zero-order valence-corrected chi connectivity index (χ0v) is 16.3. The summed E-state index contributed by atoms with van der Waals surface area (Å²) in [5.74, 6) is -0.393. The zero-order chi connectivity index (χ0) is 19.4. The molecule has 1 aromatic heterocycles. The third-order valence-electron chi connectivity index (χ3n) is 5.12. The van der Waals surface area contributed by atoms with E-state index >= 15 is 0 Å². The largest absolute Gasteiger partial charge is 0.352 e. The van der Waals surface area contributed by atoms with E-state index < -0.39 is 0 Å². The molecule has 0 radical (unpaired) electrons. The minimum absolute atomic E-state index is 0.100. The number of benzene rings is 1. The number of piperazine rings is 1. The van der Waals surface area contributed by atoms with Crippen molar-refractivity contribution in [3.63, 3.8) is 0 Å². The smallest absolute Gasteiger partial charge is 0.255 e. The van der Waals surface area contributed by atoms with Crippen LogP contribution < -0.4 is 5.32 Å². The number of likely N-dealkylation sites (N-methyl/N-ethyl adjacent to an activating group) is 1. The SMILES string of the molecule is Cc1nn(-c2ccc(F)cc2)c(C)c1C(=O)NCCCN1CCN(C)CC1. The molecule has 0 bridgehead atoms. The van der Waals surface area contributed by atoms with Gasteiger partial charge in [0.05, 0.1) is 22.6 Å². The number of amides is 1. The molecule has 0 saturated carbocycles. The standard InChI is InChI=1S/C20H28FN5O/c1-15-19(16(2)26(23-15)18-7-5-17(21)6-8-18)20(27)22-9-4-10-25-13-11-24(3)12-14-25/h5-8H,4,9-14H2,1-3H3,(H,22,27). The van der Waals surface area contributed by atoms with Crippen LogP contribution in [0, 0.1) is 19.7 Å². The lowest BCUT2D eigenvalue weighted by molar-refractivity contribution is 0.0948. The van der Waals surface area contributed by atoms with Gasteiger partial charge in [-0.15, -0.1) is 0 Å². The third-order valence-corrected chi connectivity index (χ3v) is 5.12. The molecule has 2 heterocycles. The Morgan fingerprint density at radius 3 is 2.48 bits per heavy atom. The van der Waals surface area contributed by atoms with E-state index in [1.54, 1.807) is 16.8 Å². The number of halogens is 1. The number of rotatable bonds is 6. The topological polar surface area (TPSA) is 53.4 Å². The molecule has 1 saturated heterocycles. The van der Waals surface area contributed by atoms with Gasteiger partial charge in [0, 0.05) is 32.7 Å². The third kappa shape index (κ3) is 4.73. The van der Waals surface area contributed by atoms with Crippen molar-refractivity contribution in [2.75, 3.05) is 46.3 Å². The average molecular weight is 373 g/mol. The van der Waals surface area contributed by atoms with Crippen LogP contribution in [-0.2, 0) is 0 Å². The summed E-state index contributed by atoms with van der Waals surface area (Å²) in [6, 6.07) is 6.10. The van der Waals surface area contributed by atoms with Crippen LogP contribution in [-0.4, -0.2) is 71.8 Å². The van der Waals surface area contributed by atoms with Crippen LogP contribution in [0.1, 0.15) is 28.2 Å². The van der Waals surface area contributed by atoms with Crippen LogP contribution in [0.4, 0.5) is 4.39 Å². The van der Waals surface area contributed by atoms with E-state index in [1.165, 1.54) is 12.1 Å². The summed E-state index contributed by atoms with van der Waals surface area (Å²) in [4.78, 5) is 17.4. The van der Waals surface area contributed by atoms with Crippen molar-refractivity contribution < 1.29 is 9.18 Å². The average Bonchev–Trinajstić information content (AvgIpc) is 2.95. The van der Waals surface area contributed by atoms with E-state index in [9.17, 15) is 9.18 Å². The molecule has 146 valence electrons. The molecule has 3 rings (SSSR count). The van der Waals surface area contributed by atoms with Crippen molar-refractivity contribution in [1.29, 1.82) is 0 Å². The lowest BCUT2D eigenvalue weighted by Gasteiger charge is -2.32. The highest BCUT2D eigenvalue weighted by molar-refractivity contribution is 5.96. The minimum Gasteiger partial charge on any atom is -0.352 e. The number of nitrogens with zero attached hydrogens (tertiary/aromatic N) is 4. The Kier molecular flexibility index (Phi) is 6.23. The summed E-state index contributed by atoms with van der Waals surface area (Å²) in [5, 5.41) is 7.47. The Bertz CT molecular complexity index is 778. The molecule has 1 aromatic carbocycles. The quantitative estimate of drug-likeness (QED) is 0.787. The van der Waals surface area contributed by atoms with E-state index in [-0.39, 0.29) is 11.7 Å². The van der Waals surface area contributed by atoms with E-state index in [4.69, 9.17) is 0 Å². The number of hydrogen-bond acceptors (Lipinski definition) is 4. The van der Waals surface area contributed by atoms with Crippen molar-refractivity contribution in [3.05, 3.63) is 47.0 Å². The van der Waals surface area contributed by atoms with Crippen LogP contribution in [0.3, 0.4) is 0 Å². The zero-order valence-electron chi connectivity index (χ0n) is 16.3. The number of aromatic nitrogens is 2. The molecule has 7 heteroatoms. The molecule has 1 fully saturated rings. The minimum atomic E-state index is -0.293. The summed E-state index contributed by atoms with van der Waals surface area (Å²) < 4.78 is 14.8. The summed E-state index contributed by atoms with van der Waals surface area (Å²) in [6.45, 7) is 9.72. The molecule has 6 nitrogen and oxygen atoms in total. The fraction of sp³-hybridized carbons (Fsp3) is 0.500. The normalized spacial score (nSPS) is 15.9. The molecule has 0 unspecified atom stereocenters. The molecule has 0 spiro atoms. The lowest BCUT2D eigenvalue weighted by atomic mass is 10.2. The highest BCUT2D eigenvalue weighted by Gasteiger charge is 2.19. The first-order valence-corrected chi connectivity index (χ1v) is 9.47. The van der Waals surface area contributed by atoms with Gasteiger partial charge in [0.2, 0.25) is 0 Å². The Hall–Kier alpha value is -2.25. The second-order valence-electron chi connectivity index (χ2n) is 7.19. The van der Waals surface area contributed by atoms with Gasteiger partial charge < -0.3 is 15.1 Å². The predicted octanol–water partition coefficient (Wildman–Crippen LogP) is 2.00. The molecule has 1 amide bonds. The molecular formula is C20H28FN5O. The molecule has 1 aliphatic heterocycles. The summed E-state index contributed by atoms with van der Waals surface area (Å²) in [6.07, 6.45) is 0.930. The fourth-order valence-electron chi connectivity index (χ4n) is 3.47. The van der Waals surface area contributed by atoms with Crippen molar-refractivity contribution in [2.24, 2.45) is 0 Å². The van der Waals surface area contributed by atoms with Gasteiger partial charge in [-0.3, -0.25) is 4.79 Å². The summed E-state index contributed by atoms with van der Waals surface area (Å²) in [7, 11) is 2.15. The first-order chi connectivity index (χ1) is 13.0. The molecular weight excluding hydrogens is 345 g/mol.